The van der Waals surface area contributed by atoms with Crippen LogP contribution in [0.15, 0.2) is 59.8 Å². The largest absolute Gasteiger partial charge is 0.496 e. The Hall–Kier alpha value is -3.57. The van der Waals surface area contributed by atoms with Crippen LogP contribution in [-0.4, -0.2) is 30.6 Å². The third kappa shape index (κ3) is 5.92. The second-order valence-electron chi connectivity index (χ2n) is 7.45. The van der Waals surface area contributed by atoms with E-state index in [2.05, 4.69) is 4.98 Å². The topological polar surface area (TPSA) is 76.6 Å². The van der Waals surface area contributed by atoms with Gasteiger partial charge in [0.2, 0.25) is 10.0 Å². The van der Waals surface area contributed by atoms with Gasteiger partial charge in [0.25, 0.3) is 0 Å². The second-order valence-corrected chi connectivity index (χ2v) is 9.36. The summed E-state index contributed by atoms with van der Waals surface area (Å²) in [5, 5.41) is 0. The molecular weight excluding hydrogens is 488 g/mol. The van der Waals surface area contributed by atoms with Crippen LogP contribution in [0.1, 0.15) is 23.6 Å². The second kappa shape index (κ2) is 10.8. The molecule has 1 heterocycles. The van der Waals surface area contributed by atoms with Gasteiger partial charge in [0, 0.05) is 37.1 Å². The van der Waals surface area contributed by atoms with Gasteiger partial charge in [0.1, 0.15) is 10.6 Å². The summed E-state index contributed by atoms with van der Waals surface area (Å²) in [6.45, 7) is 0.688. The first kappa shape index (κ1) is 26.0. The zero-order valence-electron chi connectivity index (χ0n) is 18.6. The Morgan fingerprint density at radius 2 is 1.74 bits per heavy atom. The molecule has 1 aromatic heterocycles. The van der Waals surface area contributed by atoms with E-state index in [1.807, 2.05) is 0 Å². The Labute approximate surface area is 199 Å². The van der Waals surface area contributed by atoms with Crippen molar-refractivity contribution >= 4 is 21.9 Å². The normalized spacial score (nSPS) is 11.9. The Morgan fingerprint density at radius 1 is 1.03 bits per heavy atom. The average molecular weight is 508 g/mol. The molecule has 0 aliphatic heterocycles. The van der Waals surface area contributed by atoms with Crippen LogP contribution >= 0.6 is 0 Å². The molecule has 0 saturated heterocycles. The van der Waals surface area contributed by atoms with Crippen LogP contribution in [0.2, 0.25) is 0 Å². The van der Waals surface area contributed by atoms with Gasteiger partial charge >= 0.3 is 0 Å². The number of halogens is 4. The summed E-state index contributed by atoms with van der Waals surface area (Å²) in [6, 6.07) is 7.87. The molecule has 0 N–H and O–H groups in total. The lowest BCUT2D eigenvalue weighted by Crippen LogP contribution is -2.31. The molecule has 0 aliphatic carbocycles. The number of ether oxygens (including phenoxy) is 1. The number of sulfonamides is 1. The zero-order valence-corrected chi connectivity index (χ0v) is 19.5. The third-order valence-electron chi connectivity index (χ3n) is 4.92. The Bertz CT molecular complexity index is 1380. The van der Waals surface area contributed by atoms with Crippen molar-refractivity contribution < 1.29 is 35.5 Å². The lowest BCUT2D eigenvalue weighted by Gasteiger charge is -2.23. The average Bonchev–Trinajstić information content (AvgIpc) is 2.84. The molecule has 2 aromatic carbocycles. The molecule has 0 radical (unpaired) electrons. The number of nitrogens with zero attached hydrogens (tertiary/aromatic N) is 2. The van der Waals surface area contributed by atoms with Crippen LogP contribution in [0.3, 0.4) is 0 Å². The molecule has 0 bridgehead atoms. The van der Waals surface area contributed by atoms with Gasteiger partial charge in [-0.1, -0.05) is 18.2 Å². The van der Waals surface area contributed by atoms with Crippen LogP contribution in [0.25, 0.3) is 6.08 Å². The molecule has 0 fully saturated rings. The molecule has 6 nitrogen and oxygen atoms in total. The molecule has 3 rings (SSSR count). The van der Waals surface area contributed by atoms with Crippen molar-refractivity contribution in [2.75, 3.05) is 7.11 Å². The first-order valence-electron chi connectivity index (χ1n) is 10.1. The highest BCUT2D eigenvalue weighted by atomic mass is 32.2. The number of carbonyl (C=O) groups is 1. The maximum Gasteiger partial charge on any atom is 0.246 e. The Kier molecular flexibility index (Phi) is 8.03. The van der Waals surface area contributed by atoms with Crippen molar-refractivity contribution in [1.82, 2.24) is 9.29 Å². The summed E-state index contributed by atoms with van der Waals surface area (Å²) in [5.74, 6) is -8.07. The maximum absolute atomic E-state index is 14.4. The summed E-state index contributed by atoms with van der Waals surface area (Å²) in [5.41, 5.74) is 1.34. The molecule has 0 aliphatic rings. The van der Waals surface area contributed by atoms with Gasteiger partial charge in [-0.15, -0.1) is 0 Å². The summed E-state index contributed by atoms with van der Waals surface area (Å²) in [7, 11) is -3.47. The van der Waals surface area contributed by atoms with Gasteiger partial charge in [0.05, 0.1) is 7.11 Å². The number of hydrogen-bond donors (Lipinski definition) is 0. The smallest absolute Gasteiger partial charge is 0.246 e. The highest BCUT2D eigenvalue weighted by molar-refractivity contribution is 7.89. The van der Waals surface area contributed by atoms with Crippen LogP contribution in [-0.2, 0) is 27.9 Å². The van der Waals surface area contributed by atoms with Crippen molar-refractivity contribution in [1.29, 1.82) is 0 Å². The Morgan fingerprint density at radius 3 is 2.37 bits per heavy atom. The van der Waals surface area contributed by atoms with E-state index in [0.717, 1.165) is 4.31 Å². The fraction of sp³-hybridized carbons (Fsp3) is 0.167. The van der Waals surface area contributed by atoms with Crippen molar-refractivity contribution in [3.05, 3.63) is 94.8 Å². The van der Waals surface area contributed by atoms with Gasteiger partial charge in [-0.25, -0.2) is 26.0 Å². The highest BCUT2D eigenvalue weighted by Crippen LogP contribution is 2.29. The lowest BCUT2D eigenvalue weighted by molar-refractivity contribution is -0.112. The highest BCUT2D eigenvalue weighted by Gasteiger charge is 2.32. The first-order valence-corrected chi connectivity index (χ1v) is 11.6. The number of rotatable bonds is 9. The Balaban J connectivity index is 2.07. The number of carbonyl (C=O) groups excluding carboxylic acids is 1. The van der Waals surface area contributed by atoms with Crippen LogP contribution in [0, 0.1) is 23.3 Å². The van der Waals surface area contributed by atoms with E-state index in [0.29, 0.717) is 22.4 Å². The quantitative estimate of drug-likeness (QED) is 0.182. The molecule has 35 heavy (non-hydrogen) atoms. The van der Waals surface area contributed by atoms with Gasteiger partial charge in [-0.2, -0.15) is 4.31 Å². The van der Waals surface area contributed by atoms with Crippen molar-refractivity contribution in [2.24, 2.45) is 0 Å². The fourth-order valence-electron chi connectivity index (χ4n) is 3.20. The molecule has 0 atom stereocenters. The minimum absolute atomic E-state index is 0.107. The van der Waals surface area contributed by atoms with Crippen molar-refractivity contribution in [3.63, 3.8) is 0 Å². The molecule has 11 heteroatoms. The molecule has 184 valence electrons. The van der Waals surface area contributed by atoms with E-state index in [9.17, 15) is 30.8 Å². The molecule has 0 unspecified atom stereocenters. The van der Waals surface area contributed by atoms with Crippen molar-refractivity contribution in [3.8, 4) is 5.75 Å². The summed E-state index contributed by atoms with van der Waals surface area (Å²) in [6.07, 6.45) is 5.69. The monoisotopic (exact) mass is 508 g/mol. The number of aromatic nitrogens is 1. The summed E-state index contributed by atoms with van der Waals surface area (Å²) < 4.78 is 88.2. The SMILES string of the molecule is COc1cc(CN(Cc2cccnc2)S(=O)(=O)c2cc(F)c(F)c(F)c2F)ccc1/C=C/C(C)=O. The van der Waals surface area contributed by atoms with E-state index in [4.69, 9.17) is 4.74 Å². The standard InChI is InChI=1S/C24H20F4N2O4S/c1-15(31)5-7-18-8-6-16(10-20(18)34-2)13-30(14-17-4-3-9-29-12-17)35(32,33)21-11-19(25)22(26)24(28)23(21)27/h3-12H,13-14H2,1-2H3/b7-5+. The number of allylic oxidation sites excluding steroid dienone is 1. The van der Waals surface area contributed by atoms with Crippen LogP contribution in [0.5, 0.6) is 5.75 Å². The zero-order chi connectivity index (χ0) is 25.8. The number of ketones is 1. The number of pyridine rings is 1. The van der Waals surface area contributed by atoms with Crippen molar-refractivity contribution in [2.45, 2.75) is 24.9 Å². The minimum atomic E-state index is -4.86. The molecule has 0 saturated carbocycles. The van der Waals surface area contributed by atoms with Crippen LogP contribution < -0.4 is 4.74 Å². The predicted octanol–water partition coefficient (Wildman–Crippen LogP) is 4.64. The summed E-state index contributed by atoms with van der Waals surface area (Å²) in [4.78, 5) is 13.8. The van der Waals surface area contributed by atoms with Crippen LogP contribution in [0.4, 0.5) is 17.6 Å². The van der Waals surface area contributed by atoms with E-state index in [1.54, 1.807) is 24.3 Å². The van der Waals surface area contributed by atoms with Gasteiger partial charge < -0.3 is 4.74 Å². The van der Waals surface area contributed by atoms with Gasteiger partial charge in [0.15, 0.2) is 29.1 Å². The molecule has 3 aromatic rings. The van der Waals surface area contributed by atoms with E-state index >= 15 is 0 Å². The first-order chi connectivity index (χ1) is 16.5. The molecule has 0 amide bonds. The summed E-state index contributed by atoms with van der Waals surface area (Å²) >= 11 is 0. The molecule has 0 spiro atoms. The van der Waals surface area contributed by atoms with E-state index in [1.165, 1.54) is 44.6 Å². The van der Waals surface area contributed by atoms with Gasteiger partial charge in [-0.3, -0.25) is 9.78 Å². The van der Waals surface area contributed by atoms with Gasteiger partial charge in [-0.05, 0) is 42.3 Å². The number of methoxy groups -OCH3 is 1. The lowest BCUT2D eigenvalue weighted by atomic mass is 10.1. The fourth-order valence-corrected chi connectivity index (χ4v) is 4.69. The van der Waals surface area contributed by atoms with E-state index < -0.39 is 38.2 Å². The predicted molar refractivity (Wildman–Crippen MR) is 120 cm³/mol. The number of hydrogen-bond acceptors (Lipinski definition) is 5. The minimum Gasteiger partial charge on any atom is -0.496 e. The third-order valence-corrected chi connectivity index (χ3v) is 6.71. The number of benzene rings is 2. The maximum atomic E-state index is 14.4. The molecular formula is C24H20F4N2O4S. The van der Waals surface area contributed by atoms with E-state index in [-0.39, 0.29) is 24.9 Å².